The van der Waals surface area contributed by atoms with Crippen molar-refractivity contribution in [1.29, 1.82) is 0 Å². The number of ether oxygens (including phenoxy) is 2. The van der Waals surface area contributed by atoms with Gasteiger partial charge in [-0.3, -0.25) is 19.2 Å². The fraction of sp³-hybridized carbons (Fsp3) is 0.214. The number of hydrogen-bond donors (Lipinski definition) is 2. The van der Waals surface area contributed by atoms with E-state index in [1.54, 1.807) is 38.1 Å². The number of rotatable bonds is 10. The van der Waals surface area contributed by atoms with Gasteiger partial charge < -0.3 is 20.1 Å². The maximum absolute atomic E-state index is 12.6. The van der Waals surface area contributed by atoms with Crippen LogP contribution in [0.5, 0.6) is 11.5 Å². The number of carbonyl (C=O) groups excluding carboxylic acids is 4. The molecule has 198 valence electrons. The van der Waals surface area contributed by atoms with Crippen LogP contribution in [0.4, 0.5) is 11.4 Å². The number of aryl methyl sites for hydroxylation is 2. The summed E-state index contributed by atoms with van der Waals surface area (Å²) in [6, 6.07) is 12.3. The Morgan fingerprint density at radius 1 is 0.650 bits per heavy atom. The van der Waals surface area contributed by atoms with Gasteiger partial charge in [-0.1, -0.05) is 47.5 Å². The van der Waals surface area contributed by atoms with E-state index >= 15 is 0 Å². The van der Waals surface area contributed by atoms with Crippen LogP contribution in [-0.2, 0) is 9.59 Å². The first kappa shape index (κ1) is 36.1. The van der Waals surface area contributed by atoms with Gasteiger partial charge in [0.05, 0.1) is 38.4 Å². The smallest absolute Gasteiger partial charge is 0.495 e. The molecule has 0 spiro atoms. The molecule has 0 aliphatic rings. The molecule has 0 bridgehead atoms. The summed E-state index contributed by atoms with van der Waals surface area (Å²) in [6.07, 6.45) is -0.828. The zero-order chi connectivity index (χ0) is 28.0. The number of halogens is 2. The molecule has 40 heavy (non-hydrogen) atoms. The third-order valence-corrected chi connectivity index (χ3v) is 6.50. The molecule has 8 nitrogen and oxygen atoms in total. The minimum absolute atomic E-state index is 0. The van der Waals surface area contributed by atoms with Crippen molar-refractivity contribution in [3.63, 3.8) is 0 Å². The Morgan fingerprint density at radius 3 is 1.27 bits per heavy atom. The molecule has 0 aromatic heterocycles. The number of carbonyl (C=O) groups is 4. The van der Waals surface area contributed by atoms with Crippen LogP contribution in [0.1, 0.15) is 44.7 Å². The zero-order valence-electron chi connectivity index (χ0n) is 23.2. The van der Waals surface area contributed by atoms with Gasteiger partial charge in [0.15, 0.2) is 11.6 Å². The number of benzene rings is 3. The van der Waals surface area contributed by atoms with Crippen molar-refractivity contribution in [2.45, 2.75) is 26.7 Å². The maximum atomic E-state index is 12.6. The van der Waals surface area contributed by atoms with Crippen LogP contribution >= 0.6 is 23.2 Å². The molecule has 3 rings (SSSR count). The second kappa shape index (κ2) is 16.5. The van der Waals surface area contributed by atoms with Gasteiger partial charge in [0.25, 0.3) is 0 Å². The van der Waals surface area contributed by atoms with Crippen LogP contribution in [0.2, 0.25) is 10.0 Å². The van der Waals surface area contributed by atoms with Crippen LogP contribution in [0.15, 0.2) is 48.5 Å². The molecule has 0 saturated heterocycles. The van der Waals surface area contributed by atoms with E-state index in [2.05, 4.69) is 10.6 Å². The van der Waals surface area contributed by atoms with Gasteiger partial charge >= 0.3 is 59.1 Å². The summed E-state index contributed by atoms with van der Waals surface area (Å²) in [5.41, 5.74) is 2.79. The number of nitrogens with one attached hydrogen (secondary N) is 2. The van der Waals surface area contributed by atoms with E-state index in [0.29, 0.717) is 32.9 Å². The van der Waals surface area contributed by atoms with Crippen LogP contribution in [-0.4, -0.2) is 37.6 Å². The first-order valence-corrected chi connectivity index (χ1v) is 12.2. The van der Waals surface area contributed by atoms with Gasteiger partial charge in [0.2, 0.25) is 11.8 Å². The SMILES string of the molecule is COc1cc(Cl)c(C)cc1NC(=O)CC(=O)c1ccc(C(=O)CC(=O)Nc2cc(C)c(Cl)cc2OC)cc1.[Na+].[Na+]. The molecule has 0 saturated carbocycles. The van der Waals surface area contributed by atoms with Gasteiger partial charge in [-0.2, -0.15) is 0 Å². The average molecular weight is 603 g/mol. The Hall–Kier alpha value is -1.88. The Kier molecular flexibility index (Phi) is 14.9. The number of Topliss-reactive ketones (excluding diaryl/α,β-unsaturated/α-hetero) is 2. The van der Waals surface area contributed by atoms with Gasteiger partial charge in [-0.25, -0.2) is 0 Å². The number of hydrogen-bond acceptors (Lipinski definition) is 6. The van der Waals surface area contributed by atoms with Gasteiger partial charge in [-0.15, -0.1) is 0 Å². The Labute approximate surface area is 287 Å². The molecule has 3 aromatic rings. The van der Waals surface area contributed by atoms with E-state index in [-0.39, 0.29) is 70.2 Å². The van der Waals surface area contributed by atoms with Gasteiger partial charge in [-0.05, 0) is 37.1 Å². The van der Waals surface area contributed by atoms with E-state index < -0.39 is 36.2 Å². The number of methoxy groups -OCH3 is 2. The second-order valence-corrected chi connectivity index (χ2v) is 9.29. The molecule has 0 heterocycles. The van der Waals surface area contributed by atoms with Gasteiger partial charge in [0.1, 0.15) is 11.5 Å². The van der Waals surface area contributed by atoms with Crippen molar-refractivity contribution >= 4 is 58.0 Å². The first-order chi connectivity index (χ1) is 18.0. The second-order valence-electron chi connectivity index (χ2n) is 8.48. The van der Waals surface area contributed by atoms with Crippen molar-refractivity contribution in [3.8, 4) is 11.5 Å². The molecule has 0 aliphatic carbocycles. The summed E-state index contributed by atoms with van der Waals surface area (Å²) < 4.78 is 10.5. The summed E-state index contributed by atoms with van der Waals surface area (Å²) in [4.78, 5) is 50.1. The van der Waals surface area contributed by atoms with Crippen LogP contribution in [0.3, 0.4) is 0 Å². The normalized spacial score (nSPS) is 9.95. The van der Waals surface area contributed by atoms with Crippen molar-refractivity contribution in [3.05, 3.63) is 80.8 Å². The van der Waals surface area contributed by atoms with E-state index in [9.17, 15) is 19.2 Å². The zero-order valence-corrected chi connectivity index (χ0v) is 28.8. The van der Waals surface area contributed by atoms with Crippen molar-refractivity contribution in [2.75, 3.05) is 24.9 Å². The Bertz CT molecular complexity index is 1310. The Morgan fingerprint density at radius 2 is 0.975 bits per heavy atom. The summed E-state index contributed by atoms with van der Waals surface area (Å²) in [5.74, 6) is -1.18. The van der Waals surface area contributed by atoms with E-state index in [1.807, 2.05) is 0 Å². The van der Waals surface area contributed by atoms with Gasteiger partial charge in [0, 0.05) is 33.3 Å². The summed E-state index contributed by atoms with van der Waals surface area (Å²) >= 11 is 12.2. The topological polar surface area (TPSA) is 111 Å². The Balaban J connectivity index is 0.00000400. The van der Waals surface area contributed by atoms with E-state index in [0.717, 1.165) is 11.1 Å². The third kappa shape index (κ3) is 9.60. The van der Waals surface area contributed by atoms with Crippen LogP contribution < -0.4 is 79.2 Å². The minimum atomic E-state index is -0.528. The molecule has 0 unspecified atom stereocenters. The molecule has 2 amide bonds. The number of amides is 2. The molecule has 12 heteroatoms. The van der Waals surface area contributed by atoms with E-state index in [4.69, 9.17) is 32.7 Å². The fourth-order valence-corrected chi connectivity index (χ4v) is 3.89. The summed E-state index contributed by atoms with van der Waals surface area (Å²) in [7, 11) is 2.90. The molecular weight excluding hydrogens is 577 g/mol. The van der Waals surface area contributed by atoms with Crippen molar-refractivity contribution < 1.29 is 87.8 Å². The van der Waals surface area contributed by atoms with Crippen LogP contribution in [0.25, 0.3) is 0 Å². The summed E-state index contributed by atoms with van der Waals surface area (Å²) in [6.45, 7) is 3.56. The van der Waals surface area contributed by atoms with Crippen molar-refractivity contribution in [1.82, 2.24) is 0 Å². The predicted octanol–water partition coefficient (Wildman–Crippen LogP) is 0.0584. The quantitative estimate of drug-likeness (QED) is 0.193. The molecular formula is C28H26Cl2N2Na2O6+2. The molecule has 0 aliphatic heterocycles. The van der Waals surface area contributed by atoms with Crippen molar-refractivity contribution in [2.24, 2.45) is 0 Å². The number of anilines is 2. The third-order valence-electron chi connectivity index (χ3n) is 5.68. The molecule has 0 radical (unpaired) electrons. The molecule has 2 N–H and O–H groups in total. The van der Waals surface area contributed by atoms with E-state index in [1.165, 1.54) is 38.5 Å². The predicted molar refractivity (Wildman–Crippen MR) is 147 cm³/mol. The van der Waals surface area contributed by atoms with Crippen LogP contribution in [0, 0.1) is 13.8 Å². The number of ketones is 2. The molecule has 0 fully saturated rings. The maximum Gasteiger partial charge on any atom is 1.00 e. The largest absolute Gasteiger partial charge is 1.00 e. The fourth-order valence-electron chi connectivity index (χ4n) is 3.59. The standard InChI is InChI=1S/C28H26Cl2N2O6.2Na/c1-15-9-21(25(37-3)11-19(15)29)31-27(35)13-23(33)17-5-7-18(8-6-17)24(34)14-28(36)32-22-10-16(2)20(30)12-26(22)38-4;;/h5-12H,13-14H2,1-4H3,(H,31,35)(H,32,36);;/q;2*+1. The average Bonchev–Trinajstić information content (AvgIpc) is 2.87. The monoisotopic (exact) mass is 602 g/mol. The first-order valence-electron chi connectivity index (χ1n) is 11.5. The minimum Gasteiger partial charge on any atom is -0.495 e. The molecule has 0 atom stereocenters. The molecule has 3 aromatic carbocycles. The summed E-state index contributed by atoms with van der Waals surface area (Å²) in [5, 5.41) is 6.29.